The van der Waals surface area contributed by atoms with Crippen LogP contribution < -0.4 is 0 Å². The molecule has 0 atom stereocenters. The predicted molar refractivity (Wildman–Crippen MR) is 49.3 cm³/mol. The highest BCUT2D eigenvalue weighted by Gasteiger charge is 2.01. The SMILES string of the molecule is C=CN=C1C=CC=CC1=NC. The minimum absolute atomic E-state index is 0.866. The summed E-state index contributed by atoms with van der Waals surface area (Å²) < 4.78 is 0. The van der Waals surface area contributed by atoms with Gasteiger partial charge in [-0.05, 0) is 12.2 Å². The largest absolute Gasteiger partial charge is 0.286 e. The second-order valence-electron chi connectivity index (χ2n) is 2.02. The Hall–Kier alpha value is -1.44. The van der Waals surface area contributed by atoms with Crippen LogP contribution in [0.3, 0.4) is 0 Å². The lowest BCUT2D eigenvalue weighted by molar-refractivity contribution is 1.45. The number of allylic oxidation sites excluding steroid dienone is 4. The summed E-state index contributed by atoms with van der Waals surface area (Å²) in [6.45, 7) is 3.52. The van der Waals surface area contributed by atoms with Crippen molar-refractivity contribution in [1.29, 1.82) is 0 Å². The van der Waals surface area contributed by atoms with Crippen molar-refractivity contribution in [3.8, 4) is 0 Å². The molecule has 0 aromatic carbocycles. The lowest BCUT2D eigenvalue weighted by Crippen LogP contribution is -2.10. The van der Waals surface area contributed by atoms with Crippen LogP contribution in [0.25, 0.3) is 0 Å². The lowest BCUT2D eigenvalue weighted by Gasteiger charge is -2.01. The van der Waals surface area contributed by atoms with Gasteiger partial charge >= 0.3 is 0 Å². The Labute approximate surface area is 66.4 Å². The molecule has 0 spiro atoms. The van der Waals surface area contributed by atoms with Crippen molar-refractivity contribution >= 4 is 11.4 Å². The molecule has 0 N–H and O–H groups in total. The van der Waals surface area contributed by atoms with Gasteiger partial charge in [-0.2, -0.15) is 0 Å². The second-order valence-corrected chi connectivity index (χ2v) is 2.02. The lowest BCUT2D eigenvalue weighted by atomic mass is 10.1. The van der Waals surface area contributed by atoms with Crippen LogP contribution in [0.2, 0.25) is 0 Å². The first-order valence-corrected chi connectivity index (χ1v) is 3.39. The Morgan fingerprint density at radius 2 is 1.91 bits per heavy atom. The summed E-state index contributed by atoms with van der Waals surface area (Å²) in [6.07, 6.45) is 9.21. The Bertz CT molecular complexity index is 267. The molecule has 1 aliphatic rings. The quantitative estimate of drug-likeness (QED) is 0.504. The van der Waals surface area contributed by atoms with Gasteiger partial charge in [0, 0.05) is 13.2 Å². The van der Waals surface area contributed by atoms with Crippen LogP contribution in [0.5, 0.6) is 0 Å². The molecule has 1 rings (SSSR count). The zero-order valence-corrected chi connectivity index (χ0v) is 6.49. The molecule has 2 nitrogen and oxygen atoms in total. The van der Waals surface area contributed by atoms with E-state index in [1.165, 1.54) is 6.20 Å². The molecule has 0 heterocycles. The van der Waals surface area contributed by atoms with E-state index in [2.05, 4.69) is 16.6 Å². The minimum Gasteiger partial charge on any atom is -0.286 e. The van der Waals surface area contributed by atoms with E-state index < -0.39 is 0 Å². The Morgan fingerprint density at radius 1 is 1.27 bits per heavy atom. The zero-order valence-electron chi connectivity index (χ0n) is 6.49. The minimum atomic E-state index is 0.866. The molecule has 56 valence electrons. The van der Waals surface area contributed by atoms with Gasteiger partial charge in [-0.25, -0.2) is 0 Å². The standard InChI is InChI=1S/C9H10N2/c1-3-11-9-7-5-4-6-8(9)10-2/h3-7H,1H2,2H3. The van der Waals surface area contributed by atoms with Crippen molar-refractivity contribution in [3.63, 3.8) is 0 Å². The Morgan fingerprint density at radius 3 is 2.45 bits per heavy atom. The van der Waals surface area contributed by atoms with Gasteiger partial charge in [0.05, 0.1) is 11.4 Å². The summed E-state index contributed by atoms with van der Waals surface area (Å²) in [6, 6.07) is 0. The number of nitrogens with zero attached hydrogens (tertiary/aromatic N) is 2. The summed E-state index contributed by atoms with van der Waals surface area (Å²) in [5.74, 6) is 0. The van der Waals surface area contributed by atoms with Gasteiger partial charge in [-0.3, -0.25) is 9.98 Å². The predicted octanol–water partition coefficient (Wildman–Crippen LogP) is 1.77. The van der Waals surface area contributed by atoms with Crippen molar-refractivity contribution in [2.24, 2.45) is 9.98 Å². The second kappa shape index (κ2) is 3.66. The molecule has 0 saturated heterocycles. The maximum absolute atomic E-state index is 4.05. The van der Waals surface area contributed by atoms with Crippen LogP contribution in [0.4, 0.5) is 0 Å². The Kier molecular flexibility index (Phi) is 2.55. The van der Waals surface area contributed by atoms with E-state index in [9.17, 15) is 0 Å². The molecule has 0 bridgehead atoms. The molecule has 0 radical (unpaired) electrons. The van der Waals surface area contributed by atoms with Crippen LogP contribution in [-0.2, 0) is 0 Å². The van der Waals surface area contributed by atoms with Crippen molar-refractivity contribution in [2.75, 3.05) is 7.05 Å². The Balaban J connectivity index is 2.97. The van der Waals surface area contributed by atoms with E-state index >= 15 is 0 Å². The molecule has 2 heteroatoms. The van der Waals surface area contributed by atoms with Gasteiger partial charge in [0.1, 0.15) is 0 Å². The summed E-state index contributed by atoms with van der Waals surface area (Å²) in [4.78, 5) is 8.10. The highest BCUT2D eigenvalue weighted by atomic mass is 14.8. The van der Waals surface area contributed by atoms with Crippen LogP contribution in [0.1, 0.15) is 0 Å². The third-order valence-corrected chi connectivity index (χ3v) is 1.35. The molecule has 0 aromatic rings. The highest BCUT2D eigenvalue weighted by molar-refractivity contribution is 6.51. The molecular formula is C9H10N2. The van der Waals surface area contributed by atoms with E-state index in [1.54, 1.807) is 7.05 Å². The summed E-state index contributed by atoms with van der Waals surface area (Å²) in [5, 5.41) is 0. The number of hydrogen-bond donors (Lipinski definition) is 0. The normalized spacial score (nSPS) is 23.0. The van der Waals surface area contributed by atoms with Crippen molar-refractivity contribution in [1.82, 2.24) is 0 Å². The molecule has 0 aromatic heterocycles. The first-order valence-electron chi connectivity index (χ1n) is 3.39. The van der Waals surface area contributed by atoms with Crippen LogP contribution in [0, 0.1) is 0 Å². The molecule has 0 unspecified atom stereocenters. The maximum Gasteiger partial charge on any atom is 0.0881 e. The summed E-state index contributed by atoms with van der Waals surface area (Å²) >= 11 is 0. The van der Waals surface area contributed by atoms with E-state index in [0.29, 0.717) is 0 Å². The molecule has 0 saturated carbocycles. The summed E-state index contributed by atoms with van der Waals surface area (Å²) in [5.41, 5.74) is 1.76. The van der Waals surface area contributed by atoms with Crippen molar-refractivity contribution in [3.05, 3.63) is 37.1 Å². The van der Waals surface area contributed by atoms with Gasteiger partial charge in [0.2, 0.25) is 0 Å². The van der Waals surface area contributed by atoms with Crippen molar-refractivity contribution < 1.29 is 0 Å². The zero-order chi connectivity index (χ0) is 8.10. The fourth-order valence-electron chi connectivity index (χ4n) is 0.861. The molecular weight excluding hydrogens is 136 g/mol. The molecule has 1 aliphatic carbocycles. The molecule has 0 amide bonds. The van der Waals surface area contributed by atoms with Gasteiger partial charge < -0.3 is 0 Å². The van der Waals surface area contributed by atoms with Gasteiger partial charge in [0.15, 0.2) is 0 Å². The van der Waals surface area contributed by atoms with Gasteiger partial charge in [-0.15, -0.1) is 0 Å². The number of rotatable bonds is 1. The molecule has 11 heavy (non-hydrogen) atoms. The average Bonchev–Trinajstić information content (AvgIpc) is 2.06. The monoisotopic (exact) mass is 146 g/mol. The highest BCUT2D eigenvalue weighted by Crippen LogP contribution is 1.97. The topological polar surface area (TPSA) is 24.7 Å². The smallest absolute Gasteiger partial charge is 0.0881 e. The van der Waals surface area contributed by atoms with Crippen molar-refractivity contribution in [2.45, 2.75) is 0 Å². The van der Waals surface area contributed by atoms with Crippen LogP contribution >= 0.6 is 0 Å². The van der Waals surface area contributed by atoms with Gasteiger partial charge in [0.25, 0.3) is 0 Å². The first kappa shape index (κ1) is 7.66. The first-order chi connectivity index (χ1) is 5.38. The van der Waals surface area contributed by atoms with E-state index in [1.807, 2.05) is 24.3 Å². The van der Waals surface area contributed by atoms with E-state index in [-0.39, 0.29) is 0 Å². The molecule has 0 aliphatic heterocycles. The van der Waals surface area contributed by atoms with Crippen LogP contribution in [-0.4, -0.2) is 18.5 Å². The van der Waals surface area contributed by atoms with Gasteiger partial charge in [-0.1, -0.05) is 18.7 Å². The van der Waals surface area contributed by atoms with E-state index in [0.717, 1.165) is 11.4 Å². The van der Waals surface area contributed by atoms with E-state index in [4.69, 9.17) is 0 Å². The molecule has 0 fully saturated rings. The van der Waals surface area contributed by atoms with Crippen LogP contribution in [0.15, 0.2) is 47.1 Å². The average molecular weight is 146 g/mol. The fraction of sp³-hybridized carbons (Fsp3) is 0.111. The summed E-state index contributed by atoms with van der Waals surface area (Å²) in [7, 11) is 1.75. The number of hydrogen-bond acceptors (Lipinski definition) is 2. The maximum atomic E-state index is 4.05. The third-order valence-electron chi connectivity index (χ3n) is 1.35. The third kappa shape index (κ3) is 1.74. The fourth-order valence-corrected chi connectivity index (χ4v) is 0.861. The number of aliphatic imine (C=N–C) groups is 2.